The molecule has 0 radical (unpaired) electrons. The molecule has 0 bridgehead atoms. The van der Waals surface area contributed by atoms with Crippen LogP contribution in [0.25, 0.3) is 0 Å². The van der Waals surface area contributed by atoms with Crippen LogP contribution in [-0.4, -0.2) is 47.1 Å². The summed E-state index contributed by atoms with van der Waals surface area (Å²) in [7, 11) is 0. The summed E-state index contributed by atoms with van der Waals surface area (Å²) in [5, 5.41) is 0. The lowest BCUT2D eigenvalue weighted by Gasteiger charge is -2.43. The van der Waals surface area contributed by atoms with Crippen molar-refractivity contribution in [2.24, 2.45) is 11.7 Å². The van der Waals surface area contributed by atoms with Crippen molar-refractivity contribution in [3.8, 4) is 0 Å². The van der Waals surface area contributed by atoms with E-state index in [1.807, 2.05) is 6.07 Å². The summed E-state index contributed by atoms with van der Waals surface area (Å²) >= 11 is 0. The second-order valence-corrected chi connectivity index (χ2v) is 5.33. The predicted molar refractivity (Wildman–Crippen MR) is 79.1 cm³/mol. The monoisotopic (exact) mass is 278 g/mol. The third-order valence-electron chi connectivity index (χ3n) is 4.22. The van der Waals surface area contributed by atoms with Crippen LogP contribution in [0.15, 0.2) is 6.07 Å². The summed E-state index contributed by atoms with van der Waals surface area (Å²) in [6.45, 7) is 4.12. The molecule has 1 aromatic heterocycles. The molecular formula is C12H22N8. The van der Waals surface area contributed by atoms with Gasteiger partial charge in [0.05, 0.1) is 0 Å². The molecule has 8 heteroatoms. The predicted octanol–water partition coefficient (Wildman–Crippen LogP) is -0.278. The third-order valence-corrected chi connectivity index (χ3v) is 4.22. The fraction of sp³-hybridized carbons (Fsp3) is 0.667. The molecule has 0 atom stereocenters. The maximum Gasteiger partial charge on any atom is 0.241 e. The lowest BCUT2D eigenvalue weighted by Crippen LogP contribution is -2.52. The highest BCUT2D eigenvalue weighted by atomic mass is 15.4. The zero-order valence-corrected chi connectivity index (χ0v) is 11.5. The van der Waals surface area contributed by atoms with Crippen LogP contribution < -0.4 is 27.4 Å². The number of nitrogen functional groups attached to an aromatic ring is 2. The largest absolute Gasteiger partial charge is 0.354 e. The molecular weight excluding hydrogens is 256 g/mol. The summed E-state index contributed by atoms with van der Waals surface area (Å²) in [6, 6.07) is 2.66. The lowest BCUT2D eigenvalue weighted by atomic mass is 9.91. The van der Waals surface area contributed by atoms with E-state index in [2.05, 4.69) is 30.6 Å². The summed E-state index contributed by atoms with van der Waals surface area (Å²) in [5.41, 5.74) is 5.01. The van der Waals surface area contributed by atoms with E-state index in [1.165, 1.54) is 19.3 Å². The van der Waals surface area contributed by atoms with Gasteiger partial charge in [0, 0.05) is 38.3 Å². The van der Waals surface area contributed by atoms with Gasteiger partial charge in [-0.1, -0.05) is 6.42 Å². The zero-order chi connectivity index (χ0) is 13.9. The second-order valence-electron chi connectivity index (χ2n) is 5.33. The standard InChI is InChI=1S/C12H22N8/c13-17-10-8-11(16-12(15-10)18-14)20-6-4-19(5-7-20)9-2-1-3-9/h8-9H,1-7,13-14H2,(H2,15,16,17,18). The van der Waals surface area contributed by atoms with Gasteiger partial charge in [0.1, 0.15) is 11.6 Å². The topological polar surface area (TPSA) is 108 Å². The SMILES string of the molecule is NNc1cc(N2CCN(C3CCC3)CC2)nc(NN)n1. The van der Waals surface area contributed by atoms with E-state index in [1.54, 1.807) is 0 Å². The van der Waals surface area contributed by atoms with Gasteiger partial charge in [-0.3, -0.25) is 10.3 Å². The Hall–Kier alpha value is -1.64. The van der Waals surface area contributed by atoms with Gasteiger partial charge in [-0.2, -0.15) is 9.97 Å². The number of hydrogen-bond donors (Lipinski definition) is 4. The van der Waals surface area contributed by atoms with Crippen LogP contribution in [0.4, 0.5) is 17.6 Å². The highest BCUT2D eigenvalue weighted by molar-refractivity contribution is 5.53. The van der Waals surface area contributed by atoms with Crippen LogP contribution in [0.3, 0.4) is 0 Å². The van der Waals surface area contributed by atoms with Crippen molar-refractivity contribution in [2.45, 2.75) is 25.3 Å². The molecule has 1 saturated heterocycles. The number of hydrazine groups is 2. The molecule has 1 aromatic rings. The summed E-state index contributed by atoms with van der Waals surface area (Å²) in [5.74, 6) is 12.6. The second kappa shape index (κ2) is 5.78. The molecule has 20 heavy (non-hydrogen) atoms. The average molecular weight is 278 g/mol. The molecule has 0 aromatic carbocycles. The highest BCUT2D eigenvalue weighted by Gasteiger charge is 2.28. The first-order chi connectivity index (χ1) is 9.80. The maximum atomic E-state index is 5.42. The normalized spacial score (nSPS) is 20.6. The fourth-order valence-electron chi connectivity index (χ4n) is 2.80. The van der Waals surface area contributed by atoms with Gasteiger partial charge in [-0.15, -0.1) is 0 Å². The minimum atomic E-state index is 0.372. The van der Waals surface area contributed by atoms with Crippen LogP contribution in [0, 0.1) is 0 Å². The number of aromatic nitrogens is 2. The first kappa shape index (κ1) is 13.3. The summed E-state index contributed by atoms with van der Waals surface area (Å²) in [4.78, 5) is 13.3. The number of piperazine rings is 1. The van der Waals surface area contributed by atoms with Crippen molar-refractivity contribution in [3.05, 3.63) is 6.07 Å². The quantitative estimate of drug-likeness (QED) is 0.440. The van der Waals surface area contributed by atoms with E-state index in [0.29, 0.717) is 11.8 Å². The molecule has 6 N–H and O–H groups in total. The zero-order valence-electron chi connectivity index (χ0n) is 11.5. The van der Waals surface area contributed by atoms with Crippen molar-refractivity contribution in [3.63, 3.8) is 0 Å². The highest BCUT2D eigenvalue weighted by Crippen LogP contribution is 2.26. The van der Waals surface area contributed by atoms with Crippen molar-refractivity contribution in [1.82, 2.24) is 14.9 Å². The molecule has 2 aliphatic rings. The van der Waals surface area contributed by atoms with Gasteiger partial charge < -0.3 is 10.3 Å². The fourth-order valence-corrected chi connectivity index (χ4v) is 2.80. The van der Waals surface area contributed by atoms with Crippen LogP contribution in [0.5, 0.6) is 0 Å². The van der Waals surface area contributed by atoms with Crippen molar-refractivity contribution < 1.29 is 0 Å². The number of rotatable bonds is 4. The smallest absolute Gasteiger partial charge is 0.241 e. The number of anilines is 3. The Kier molecular flexibility index (Phi) is 3.86. The maximum absolute atomic E-state index is 5.42. The van der Waals surface area contributed by atoms with Gasteiger partial charge in [0.2, 0.25) is 5.95 Å². The van der Waals surface area contributed by atoms with Gasteiger partial charge in [-0.05, 0) is 12.8 Å². The summed E-state index contributed by atoms with van der Waals surface area (Å²) < 4.78 is 0. The van der Waals surface area contributed by atoms with Gasteiger partial charge in [-0.25, -0.2) is 11.7 Å². The van der Waals surface area contributed by atoms with Crippen molar-refractivity contribution in [2.75, 3.05) is 41.9 Å². The molecule has 1 aliphatic carbocycles. The average Bonchev–Trinajstić information content (AvgIpc) is 2.45. The Morgan fingerprint density at radius 3 is 2.35 bits per heavy atom. The van der Waals surface area contributed by atoms with Gasteiger partial charge in [0.15, 0.2) is 0 Å². The first-order valence-corrected chi connectivity index (χ1v) is 7.11. The summed E-state index contributed by atoms with van der Waals surface area (Å²) in [6.07, 6.45) is 4.10. The third kappa shape index (κ3) is 2.62. The molecule has 8 nitrogen and oxygen atoms in total. The van der Waals surface area contributed by atoms with Gasteiger partial charge in [0.25, 0.3) is 0 Å². The number of hydrogen-bond acceptors (Lipinski definition) is 8. The van der Waals surface area contributed by atoms with E-state index in [4.69, 9.17) is 11.7 Å². The van der Waals surface area contributed by atoms with E-state index in [9.17, 15) is 0 Å². The molecule has 2 heterocycles. The van der Waals surface area contributed by atoms with Gasteiger partial charge >= 0.3 is 0 Å². The first-order valence-electron chi connectivity index (χ1n) is 7.11. The van der Waals surface area contributed by atoms with Crippen LogP contribution in [0.2, 0.25) is 0 Å². The minimum Gasteiger partial charge on any atom is -0.354 e. The Balaban J connectivity index is 1.67. The Bertz CT molecular complexity index is 431. The molecule has 3 rings (SSSR count). The van der Waals surface area contributed by atoms with E-state index in [0.717, 1.165) is 38.0 Å². The molecule has 1 aliphatic heterocycles. The number of nitrogens with one attached hydrogen (secondary N) is 2. The molecule has 0 unspecified atom stereocenters. The van der Waals surface area contributed by atoms with E-state index >= 15 is 0 Å². The minimum absolute atomic E-state index is 0.372. The lowest BCUT2D eigenvalue weighted by molar-refractivity contribution is 0.120. The Morgan fingerprint density at radius 1 is 1.05 bits per heavy atom. The van der Waals surface area contributed by atoms with E-state index in [-0.39, 0.29) is 0 Å². The van der Waals surface area contributed by atoms with Crippen LogP contribution in [-0.2, 0) is 0 Å². The van der Waals surface area contributed by atoms with Crippen molar-refractivity contribution in [1.29, 1.82) is 0 Å². The molecule has 110 valence electrons. The van der Waals surface area contributed by atoms with Crippen molar-refractivity contribution >= 4 is 17.6 Å². The van der Waals surface area contributed by atoms with Crippen LogP contribution >= 0.6 is 0 Å². The molecule has 0 amide bonds. The van der Waals surface area contributed by atoms with E-state index < -0.39 is 0 Å². The molecule has 1 saturated carbocycles. The van der Waals surface area contributed by atoms with Crippen LogP contribution in [0.1, 0.15) is 19.3 Å². The number of nitrogens with zero attached hydrogens (tertiary/aromatic N) is 4. The molecule has 0 spiro atoms. The molecule has 2 fully saturated rings. The Labute approximate surface area is 118 Å². The number of nitrogens with two attached hydrogens (primary N) is 2. The Morgan fingerprint density at radius 2 is 1.80 bits per heavy atom.